The third-order valence-corrected chi connectivity index (χ3v) is 2.92. The Balaban J connectivity index is 2.30. The minimum atomic E-state index is -0.969. The van der Waals surface area contributed by atoms with E-state index in [4.69, 9.17) is 9.84 Å². The first-order valence-electron chi connectivity index (χ1n) is 6.13. The van der Waals surface area contributed by atoms with Crippen molar-refractivity contribution < 1.29 is 14.6 Å². The van der Waals surface area contributed by atoms with Crippen LogP contribution in [0.1, 0.15) is 11.3 Å². The predicted molar refractivity (Wildman–Crippen MR) is 77.6 cm³/mol. The van der Waals surface area contributed by atoms with Crippen LogP contribution in [0.3, 0.4) is 0 Å². The highest BCUT2D eigenvalue weighted by molar-refractivity contribution is 5.85. The summed E-state index contributed by atoms with van der Waals surface area (Å²) >= 11 is 0. The Morgan fingerprint density at radius 1 is 1.20 bits per heavy atom. The van der Waals surface area contributed by atoms with E-state index < -0.39 is 5.97 Å². The molecule has 1 aromatic heterocycles. The number of ether oxygens (including phenoxy) is 1. The van der Waals surface area contributed by atoms with Crippen molar-refractivity contribution in [3.63, 3.8) is 0 Å². The molecule has 0 aliphatic carbocycles. The summed E-state index contributed by atoms with van der Waals surface area (Å²) in [4.78, 5) is 15.0. The molecule has 4 heteroatoms. The molecule has 4 nitrogen and oxygen atoms in total. The molecule has 0 aliphatic rings. The molecule has 20 heavy (non-hydrogen) atoms. The van der Waals surface area contributed by atoms with Gasteiger partial charge in [0.2, 0.25) is 0 Å². The second-order valence-corrected chi connectivity index (χ2v) is 4.27. The van der Waals surface area contributed by atoms with Crippen LogP contribution in [0.4, 0.5) is 0 Å². The molecular formula is C16H15NO3. The number of nitrogens with zero attached hydrogens (tertiary/aromatic N) is 1. The highest BCUT2D eigenvalue weighted by Crippen LogP contribution is 2.22. The molecule has 0 radical (unpaired) electrons. The van der Waals surface area contributed by atoms with Gasteiger partial charge < -0.3 is 9.84 Å². The van der Waals surface area contributed by atoms with Gasteiger partial charge in [-0.3, -0.25) is 4.98 Å². The first-order chi connectivity index (χ1) is 9.60. The van der Waals surface area contributed by atoms with E-state index in [2.05, 4.69) is 4.98 Å². The number of rotatable bonds is 4. The lowest BCUT2D eigenvalue weighted by Gasteiger charge is -2.06. The molecule has 1 aromatic carbocycles. The zero-order valence-corrected chi connectivity index (χ0v) is 11.3. The molecule has 0 atom stereocenters. The third-order valence-electron chi connectivity index (χ3n) is 2.92. The number of hydrogen-bond acceptors (Lipinski definition) is 3. The number of carbonyl (C=O) groups is 1. The summed E-state index contributed by atoms with van der Waals surface area (Å²) in [6, 6.07) is 11.4. The fourth-order valence-corrected chi connectivity index (χ4v) is 1.83. The lowest BCUT2D eigenvalue weighted by atomic mass is 10.1. The summed E-state index contributed by atoms with van der Waals surface area (Å²) in [6.45, 7) is 1.86. The molecule has 0 spiro atoms. The van der Waals surface area contributed by atoms with Crippen LogP contribution in [0.25, 0.3) is 17.3 Å². The van der Waals surface area contributed by atoms with Crippen molar-refractivity contribution in [2.75, 3.05) is 7.11 Å². The molecule has 0 aliphatic heterocycles. The van der Waals surface area contributed by atoms with Crippen LogP contribution in [0.2, 0.25) is 0 Å². The minimum Gasteiger partial charge on any atom is -0.497 e. The second-order valence-electron chi connectivity index (χ2n) is 4.27. The van der Waals surface area contributed by atoms with Crippen LogP contribution in [-0.2, 0) is 4.79 Å². The van der Waals surface area contributed by atoms with Crippen LogP contribution >= 0.6 is 0 Å². The van der Waals surface area contributed by atoms with Crippen LogP contribution < -0.4 is 4.74 Å². The molecule has 0 fully saturated rings. The van der Waals surface area contributed by atoms with Crippen molar-refractivity contribution in [3.8, 4) is 17.0 Å². The van der Waals surface area contributed by atoms with Gasteiger partial charge in [0.25, 0.3) is 0 Å². The maximum Gasteiger partial charge on any atom is 0.328 e. The van der Waals surface area contributed by atoms with Crippen molar-refractivity contribution in [2.24, 2.45) is 0 Å². The van der Waals surface area contributed by atoms with Gasteiger partial charge in [-0.25, -0.2) is 4.79 Å². The van der Waals surface area contributed by atoms with Gasteiger partial charge >= 0.3 is 5.97 Å². The summed E-state index contributed by atoms with van der Waals surface area (Å²) < 4.78 is 5.12. The van der Waals surface area contributed by atoms with E-state index in [0.717, 1.165) is 34.3 Å². The SMILES string of the molecule is COc1ccc(-c2ccc(/C=C/C(=O)O)c(C)n2)cc1. The van der Waals surface area contributed by atoms with Gasteiger partial charge in [-0.2, -0.15) is 0 Å². The Morgan fingerprint density at radius 3 is 2.45 bits per heavy atom. The van der Waals surface area contributed by atoms with Crippen molar-refractivity contribution in [1.82, 2.24) is 4.98 Å². The Bertz CT molecular complexity index is 645. The van der Waals surface area contributed by atoms with Crippen molar-refractivity contribution in [3.05, 3.63) is 53.7 Å². The average Bonchev–Trinajstić information content (AvgIpc) is 2.46. The quantitative estimate of drug-likeness (QED) is 0.866. The second kappa shape index (κ2) is 6.02. The Kier molecular flexibility index (Phi) is 4.15. The number of aromatic nitrogens is 1. The number of pyridine rings is 1. The Morgan fingerprint density at radius 2 is 1.90 bits per heavy atom. The number of carboxylic acids is 1. The van der Waals surface area contributed by atoms with Crippen LogP contribution in [0.15, 0.2) is 42.5 Å². The number of carboxylic acid groups (broad SMARTS) is 1. The molecule has 0 saturated carbocycles. The lowest BCUT2D eigenvalue weighted by Crippen LogP contribution is -1.92. The first kappa shape index (κ1) is 13.8. The summed E-state index contributed by atoms with van der Waals surface area (Å²) in [5.41, 5.74) is 3.42. The van der Waals surface area contributed by atoms with E-state index in [0.29, 0.717) is 0 Å². The van der Waals surface area contributed by atoms with Gasteiger partial charge in [-0.1, -0.05) is 6.07 Å². The van der Waals surface area contributed by atoms with E-state index in [9.17, 15) is 4.79 Å². The lowest BCUT2D eigenvalue weighted by molar-refractivity contribution is -0.131. The average molecular weight is 269 g/mol. The third kappa shape index (κ3) is 3.23. The van der Waals surface area contributed by atoms with Gasteiger partial charge in [0.1, 0.15) is 5.75 Å². The first-order valence-corrected chi connectivity index (χ1v) is 6.13. The molecule has 0 bridgehead atoms. The molecule has 0 unspecified atom stereocenters. The number of methoxy groups -OCH3 is 1. The fourth-order valence-electron chi connectivity index (χ4n) is 1.83. The molecule has 1 heterocycles. The van der Waals surface area contributed by atoms with Crippen LogP contribution in [-0.4, -0.2) is 23.2 Å². The summed E-state index contributed by atoms with van der Waals surface area (Å²) in [5, 5.41) is 8.63. The monoisotopic (exact) mass is 269 g/mol. The van der Waals surface area contributed by atoms with Crippen LogP contribution in [0, 0.1) is 6.92 Å². The number of aryl methyl sites for hydroxylation is 1. The number of aliphatic carboxylic acids is 1. The molecule has 0 amide bonds. The van der Waals surface area contributed by atoms with E-state index >= 15 is 0 Å². The van der Waals surface area contributed by atoms with Crippen molar-refractivity contribution in [2.45, 2.75) is 6.92 Å². The Labute approximate surface area is 117 Å². The van der Waals surface area contributed by atoms with Gasteiger partial charge in [0.05, 0.1) is 12.8 Å². The standard InChI is InChI=1S/C16H15NO3/c1-11-12(6-10-16(18)19)5-9-15(17-11)13-3-7-14(20-2)8-4-13/h3-10H,1-2H3,(H,18,19)/b10-6+. The molecular weight excluding hydrogens is 254 g/mol. The smallest absolute Gasteiger partial charge is 0.328 e. The van der Waals surface area contributed by atoms with Gasteiger partial charge in [-0.05, 0) is 48.9 Å². The van der Waals surface area contributed by atoms with E-state index in [1.165, 1.54) is 0 Å². The number of benzene rings is 1. The summed E-state index contributed by atoms with van der Waals surface area (Å²) in [6.07, 6.45) is 2.65. The molecule has 2 aromatic rings. The maximum absolute atomic E-state index is 10.5. The van der Waals surface area contributed by atoms with Gasteiger partial charge in [0.15, 0.2) is 0 Å². The van der Waals surface area contributed by atoms with Gasteiger partial charge in [0, 0.05) is 17.3 Å². The topological polar surface area (TPSA) is 59.4 Å². The van der Waals surface area contributed by atoms with E-state index in [1.54, 1.807) is 13.2 Å². The van der Waals surface area contributed by atoms with Crippen molar-refractivity contribution in [1.29, 1.82) is 0 Å². The Hall–Kier alpha value is -2.62. The minimum absolute atomic E-state index is 0.788. The molecule has 2 rings (SSSR count). The van der Waals surface area contributed by atoms with Crippen LogP contribution in [0.5, 0.6) is 5.75 Å². The highest BCUT2D eigenvalue weighted by atomic mass is 16.5. The van der Waals surface area contributed by atoms with E-state index in [-0.39, 0.29) is 0 Å². The molecule has 0 saturated heterocycles. The summed E-state index contributed by atoms with van der Waals surface area (Å²) in [5.74, 6) is -0.171. The van der Waals surface area contributed by atoms with Crippen molar-refractivity contribution >= 4 is 12.0 Å². The zero-order valence-electron chi connectivity index (χ0n) is 11.3. The highest BCUT2D eigenvalue weighted by Gasteiger charge is 2.03. The number of hydrogen-bond donors (Lipinski definition) is 1. The maximum atomic E-state index is 10.5. The normalized spacial score (nSPS) is 10.7. The largest absolute Gasteiger partial charge is 0.497 e. The molecule has 1 N–H and O–H groups in total. The van der Waals surface area contributed by atoms with Gasteiger partial charge in [-0.15, -0.1) is 0 Å². The predicted octanol–water partition coefficient (Wildman–Crippen LogP) is 3.16. The molecule has 102 valence electrons. The van der Waals surface area contributed by atoms with E-state index in [1.807, 2.05) is 43.3 Å². The summed E-state index contributed by atoms with van der Waals surface area (Å²) in [7, 11) is 1.63. The fraction of sp³-hybridized carbons (Fsp3) is 0.125. The zero-order chi connectivity index (χ0) is 14.5.